The second-order valence-corrected chi connectivity index (χ2v) is 8.71. The Morgan fingerprint density at radius 1 is 0.909 bits per heavy atom. The van der Waals surface area contributed by atoms with Crippen molar-refractivity contribution in [1.82, 2.24) is 4.90 Å². The van der Waals surface area contributed by atoms with Gasteiger partial charge in [-0.1, -0.05) is 60.2 Å². The molecule has 0 aliphatic carbocycles. The zero-order valence-corrected chi connectivity index (χ0v) is 18.8. The zero-order valence-electron chi connectivity index (χ0n) is 18.8. The van der Waals surface area contributed by atoms with Gasteiger partial charge in [-0.15, -0.1) is 0 Å². The first kappa shape index (κ1) is 21.1. The number of imide groups is 1. The fourth-order valence-electron chi connectivity index (χ4n) is 4.86. The predicted molar refractivity (Wildman–Crippen MR) is 127 cm³/mol. The van der Waals surface area contributed by atoms with Crippen LogP contribution in [0.25, 0.3) is 5.57 Å². The Labute approximate surface area is 193 Å². The number of para-hydroxylation sites is 1. The molecule has 0 N–H and O–H groups in total. The standard InChI is InChI=1S/C28H25FN2O2/c1-18-13-14-22(19(2)16-18)25-26(30-15-7-10-20-8-4-6-12-24(20)30)28(33)31(27(25)32)17-21-9-3-5-11-23(21)29/h3-6,8-9,11-14,16H,7,10,15,17H2,1-2H3. The summed E-state index contributed by atoms with van der Waals surface area (Å²) in [5.41, 5.74) is 5.97. The third-order valence-corrected chi connectivity index (χ3v) is 6.46. The predicted octanol–water partition coefficient (Wildman–Crippen LogP) is 5.18. The third-order valence-electron chi connectivity index (χ3n) is 6.46. The van der Waals surface area contributed by atoms with Crippen molar-refractivity contribution in [3.63, 3.8) is 0 Å². The normalized spacial score (nSPS) is 16.0. The second-order valence-electron chi connectivity index (χ2n) is 8.71. The number of fused-ring (bicyclic) bond motifs is 1. The molecular formula is C28H25FN2O2. The quantitative estimate of drug-likeness (QED) is 0.525. The maximum atomic E-state index is 14.4. The number of hydrogen-bond donors (Lipinski definition) is 0. The summed E-state index contributed by atoms with van der Waals surface area (Å²) >= 11 is 0. The van der Waals surface area contributed by atoms with Gasteiger partial charge in [0.2, 0.25) is 0 Å². The summed E-state index contributed by atoms with van der Waals surface area (Å²) in [7, 11) is 0. The summed E-state index contributed by atoms with van der Waals surface area (Å²) in [5, 5.41) is 0. The molecule has 0 unspecified atom stereocenters. The lowest BCUT2D eigenvalue weighted by atomic mass is 9.95. The van der Waals surface area contributed by atoms with Crippen LogP contribution in [0, 0.1) is 19.7 Å². The number of carbonyl (C=O) groups is 2. The third kappa shape index (κ3) is 3.63. The van der Waals surface area contributed by atoms with Gasteiger partial charge in [0, 0.05) is 17.8 Å². The first-order chi connectivity index (χ1) is 16.0. The summed E-state index contributed by atoms with van der Waals surface area (Å²) in [4.78, 5) is 30.7. The summed E-state index contributed by atoms with van der Waals surface area (Å²) < 4.78 is 14.4. The fourth-order valence-corrected chi connectivity index (χ4v) is 4.86. The highest BCUT2D eigenvalue weighted by Gasteiger charge is 2.43. The Morgan fingerprint density at radius 3 is 2.45 bits per heavy atom. The largest absolute Gasteiger partial charge is 0.336 e. The molecule has 0 spiro atoms. The lowest BCUT2D eigenvalue weighted by Gasteiger charge is -2.32. The van der Waals surface area contributed by atoms with Gasteiger partial charge in [0.15, 0.2) is 0 Å². The molecule has 0 bridgehead atoms. The Kier molecular flexibility index (Phi) is 5.33. The minimum atomic E-state index is -0.428. The van der Waals surface area contributed by atoms with Gasteiger partial charge in [-0.05, 0) is 55.5 Å². The Hall–Kier alpha value is -3.73. The van der Waals surface area contributed by atoms with E-state index in [-0.39, 0.29) is 18.4 Å². The van der Waals surface area contributed by atoms with Crippen molar-refractivity contribution < 1.29 is 14.0 Å². The lowest BCUT2D eigenvalue weighted by molar-refractivity contribution is -0.137. The molecule has 4 nitrogen and oxygen atoms in total. The highest BCUT2D eigenvalue weighted by Crippen LogP contribution is 2.39. The van der Waals surface area contributed by atoms with Crippen LogP contribution in [0.4, 0.5) is 10.1 Å². The Balaban J connectivity index is 1.66. The molecule has 166 valence electrons. The molecule has 5 rings (SSSR count). The van der Waals surface area contributed by atoms with Crippen molar-refractivity contribution in [1.29, 1.82) is 0 Å². The van der Waals surface area contributed by atoms with E-state index < -0.39 is 5.82 Å². The Bertz CT molecular complexity index is 1310. The molecule has 2 heterocycles. The molecule has 0 saturated heterocycles. The van der Waals surface area contributed by atoms with E-state index in [1.54, 1.807) is 18.2 Å². The highest BCUT2D eigenvalue weighted by molar-refractivity contribution is 6.37. The molecule has 3 aromatic rings. The Morgan fingerprint density at radius 2 is 1.67 bits per heavy atom. The minimum absolute atomic E-state index is 0.0995. The lowest BCUT2D eigenvalue weighted by Crippen LogP contribution is -2.37. The van der Waals surface area contributed by atoms with Gasteiger partial charge < -0.3 is 4.90 Å². The molecule has 0 fully saturated rings. The first-order valence-corrected chi connectivity index (χ1v) is 11.2. The van der Waals surface area contributed by atoms with E-state index in [1.165, 1.54) is 11.0 Å². The van der Waals surface area contributed by atoms with Gasteiger partial charge in [0.25, 0.3) is 11.8 Å². The number of nitrogens with zero attached hydrogens (tertiary/aromatic N) is 2. The average molecular weight is 441 g/mol. The van der Waals surface area contributed by atoms with E-state index in [0.717, 1.165) is 40.8 Å². The molecule has 5 heteroatoms. The van der Waals surface area contributed by atoms with E-state index >= 15 is 0 Å². The maximum Gasteiger partial charge on any atom is 0.278 e. The summed E-state index contributed by atoms with van der Waals surface area (Å²) in [5.74, 6) is -1.19. The molecule has 0 saturated carbocycles. The first-order valence-electron chi connectivity index (χ1n) is 11.2. The molecule has 2 aliphatic rings. The molecule has 2 amide bonds. The van der Waals surface area contributed by atoms with Crippen molar-refractivity contribution in [2.24, 2.45) is 0 Å². The van der Waals surface area contributed by atoms with Crippen molar-refractivity contribution in [3.8, 4) is 0 Å². The van der Waals surface area contributed by atoms with Crippen LogP contribution in [0.2, 0.25) is 0 Å². The molecule has 0 aromatic heterocycles. The van der Waals surface area contributed by atoms with Crippen molar-refractivity contribution in [2.45, 2.75) is 33.2 Å². The molecule has 3 aromatic carbocycles. The van der Waals surface area contributed by atoms with Crippen LogP contribution in [0.5, 0.6) is 0 Å². The smallest absolute Gasteiger partial charge is 0.278 e. The summed E-state index contributed by atoms with van der Waals surface area (Å²) in [6.45, 7) is 4.50. The van der Waals surface area contributed by atoms with Crippen LogP contribution in [0.15, 0.2) is 72.4 Å². The van der Waals surface area contributed by atoms with E-state index in [0.29, 0.717) is 23.4 Å². The van der Waals surface area contributed by atoms with Gasteiger partial charge in [0.1, 0.15) is 11.5 Å². The van der Waals surface area contributed by atoms with Gasteiger partial charge in [0.05, 0.1) is 12.1 Å². The SMILES string of the molecule is Cc1ccc(C2=C(N3CCCc4ccccc43)C(=O)N(Cc3ccccc3F)C2=O)c(C)c1. The van der Waals surface area contributed by atoms with Gasteiger partial charge >= 0.3 is 0 Å². The molecule has 33 heavy (non-hydrogen) atoms. The van der Waals surface area contributed by atoms with E-state index in [2.05, 4.69) is 6.07 Å². The van der Waals surface area contributed by atoms with Crippen LogP contribution < -0.4 is 4.90 Å². The molecule has 0 radical (unpaired) electrons. The van der Waals surface area contributed by atoms with Crippen molar-refractivity contribution >= 4 is 23.1 Å². The van der Waals surface area contributed by atoms with E-state index in [1.807, 2.05) is 55.1 Å². The molecule has 2 aliphatic heterocycles. The number of benzene rings is 3. The summed E-state index contributed by atoms with van der Waals surface area (Å²) in [6, 6.07) is 20.2. The number of amides is 2. The summed E-state index contributed by atoms with van der Waals surface area (Å²) in [6.07, 6.45) is 1.81. The second kappa shape index (κ2) is 8.32. The topological polar surface area (TPSA) is 40.6 Å². The highest BCUT2D eigenvalue weighted by atomic mass is 19.1. The molecule has 0 atom stereocenters. The average Bonchev–Trinajstić information content (AvgIpc) is 3.05. The fraction of sp³-hybridized carbons (Fsp3) is 0.214. The van der Waals surface area contributed by atoms with Gasteiger partial charge in [-0.25, -0.2) is 4.39 Å². The van der Waals surface area contributed by atoms with Crippen molar-refractivity contribution in [2.75, 3.05) is 11.4 Å². The number of anilines is 1. The van der Waals surface area contributed by atoms with Crippen LogP contribution in [0.1, 0.15) is 34.2 Å². The number of halogens is 1. The van der Waals surface area contributed by atoms with Crippen LogP contribution >= 0.6 is 0 Å². The zero-order chi connectivity index (χ0) is 23.1. The van der Waals surface area contributed by atoms with Crippen molar-refractivity contribution in [3.05, 3.63) is 106 Å². The number of carbonyl (C=O) groups excluding carboxylic acids is 2. The maximum absolute atomic E-state index is 14.4. The number of hydrogen-bond acceptors (Lipinski definition) is 3. The van der Waals surface area contributed by atoms with Crippen LogP contribution in [-0.4, -0.2) is 23.3 Å². The van der Waals surface area contributed by atoms with Gasteiger partial charge in [-0.2, -0.15) is 0 Å². The minimum Gasteiger partial charge on any atom is -0.336 e. The van der Waals surface area contributed by atoms with Gasteiger partial charge in [-0.3, -0.25) is 14.5 Å². The van der Waals surface area contributed by atoms with Crippen LogP contribution in [0.3, 0.4) is 0 Å². The number of aryl methyl sites for hydroxylation is 3. The van der Waals surface area contributed by atoms with E-state index in [9.17, 15) is 14.0 Å². The monoisotopic (exact) mass is 440 g/mol. The van der Waals surface area contributed by atoms with Crippen LogP contribution in [-0.2, 0) is 22.6 Å². The van der Waals surface area contributed by atoms with E-state index in [4.69, 9.17) is 0 Å². The number of rotatable bonds is 4. The molecular weight excluding hydrogens is 415 g/mol.